The van der Waals surface area contributed by atoms with Crippen molar-refractivity contribution in [1.82, 2.24) is 10.2 Å². The summed E-state index contributed by atoms with van der Waals surface area (Å²) in [4.78, 5) is 4.08. The zero-order valence-electron chi connectivity index (χ0n) is 11.7. The van der Waals surface area contributed by atoms with Crippen LogP contribution >= 0.6 is 27.3 Å². The van der Waals surface area contributed by atoms with Crippen molar-refractivity contribution in [2.45, 2.75) is 51.7 Å². The van der Waals surface area contributed by atoms with E-state index in [0.29, 0.717) is 0 Å². The lowest BCUT2D eigenvalue weighted by Gasteiger charge is -2.51. The fraction of sp³-hybridized carbons (Fsp3) is 0.714. The molecule has 102 valence electrons. The molecule has 0 aromatic carbocycles. The van der Waals surface area contributed by atoms with Gasteiger partial charge in [-0.2, -0.15) is 0 Å². The SMILES string of the molecule is CCC1(C)CNC(C)(C)CN1Cc1cc(Br)cs1. The molecule has 1 atom stereocenters. The largest absolute Gasteiger partial charge is 0.309 e. The second-order valence-corrected chi connectivity index (χ2v) is 8.09. The highest BCUT2D eigenvalue weighted by Crippen LogP contribution is 2.30. The van der Waals surface area contributed by atoms with Crippen molar-refractivity contribution in [1.29, 1.82) is 0 Å². The van der Waals surface area contributed by atoms with Crippen LogP contribution in [-0.4, -0.2) is 29.1 Å². The number of rotatable bonds is 3. The summed E-state index contributed by atoms with van der Waals surface area (Å²) in [7, 11) is 0. The number of piperazine rings is 1. The summed E-state index contributed by atoms with van der Waals surface area (Å²) < 4.78 is 1.20. The maximum absolute atomic E-state index is 3.67. The van der Waals surface area contributed by atoms with Gasteiger partial charge in [-0.3, -0.25) is 4.90 Å². The molecule has 1 aromatic heterocycles. The number of hydrogen-bond donors (Lipinski definition) is 1. The lowest BCUT2D eigenvalue weighted by Crippen LogP contribution is -2.66. The molecule has 1 fully saturated rings. The van der Waals surface area contributed by atoms with Crippen LogP contribution in [0.3, 0.4) is 0 Å². The first-order chi connectivity index (χ1) is 8.35. The Hall–Kier alpha value is 0.1000. The second-order valence-electron chi connectivity index (χ2n) is 6.18. The van der Waals surface area contributed by atoms with Gasteiger partial charge in [0.1, 0.15) is 0 Å². The third-order valence-electron chi connectivity index (χ3n) is 4.03. The van der Waals surface area contributed by atoms with E-state index in [2.05, 4.69) is 65.3 Å². The molecule has 0 radical (unpaired) electrons. The Balaban J connectivity index is 2.15. The van der Waals surface area contributed by atoms with Crippen molar-refractivity contribution < 1.29 is 0 Å². The average Bonchev–Trinajstić information content (AvgIpc) is 2.70. The molecule has 4 heteroatoms. The van der Waals surface area contributed by atoms with Gasteiger partial charge in [-0.25, -0.2) is 0 Å². The molecule has 1 N–H and O–H groups in total. The summed E-state index contributed by atoms with van der Waals surface area (Å²) in [6, 6.07) is 2.25. The van der Waals surface area contributed by atoms with Gasteiger partial charge in [-0.15, -0.1) is 11.3 Å². The Bertz CT molecular complexity index is 416. The Morgan fingerprint density at radius 3 is 2.72 bits per heavy atom. The minimum absolute atomic E-state index is 0.211. The minimum atomic E-state index is 0.211. The van der Waals surface area contributed by atoms with Crippen molar-refractivity contribution in [3.63, 3.8) is 0 Å². The molecule has 0 spiro atoms. The summed E-state index contributed by atoms with van der Waals surface area (Å²) in [5, 5.41) is 5.85. The summed E-state index contributed by atoms with van der Waals surface area (Å²) >= 11 is 5.39. The second kappa shape index (κ2) is 5.23. The molecule has 2 rings (SSSR count). The van der Waals surface area contributed by atoms with Crippen LogP contribution < -0.4 is 5.32 Å². The standard InChI is InChI=1S/C14H23BrN2S/c1-5-14(4)9-16-13(2,3)10-17(14)7-12-6-11(15)8-18-12/h6,8,16H,5,7,9-10H2,1-4H3. The predicted octanol–water partition coefficient (Wildman–Crippen LogP) is 3.86. The third kappa shape index (κ3) is 3.16. The van der Waals surface area contributed by atoms with Crippen molar-refractivity contribution >= 4 is 27.3 Å². The molecular weight excluding hydrogens is 308 g/mol. The number of halogens is 1. The zero-order valence-corrected chi connectivity index (χ0v) is 14.1. The Kier molecular flexibility index (Phi) is 4.22. The highest BCUT2D eigenvalue weighted by atomic mass is 79.9. The van der Waals surface area contributed by atoms with Crippen LogP contribution in [0.15, 0.2) is 15.9 Å². The van der Waals surface area contributed by atoms with Crippen molar-refractivity contribution in [3.8, 4) is 0 Å². The van der Waals surface area contributed by atoms with Crippen LogP contribution in [0.2, 0.25) is 0 Å². The van der Waals surface area contributed by atoms with Gasteiger partial charge < -0.3 is 5.32 Å². The van der Waals surface area contributed by atoms with Gasteiger partial charge in [0, 0.05) is 45.4 Å². The van der Waals surface area contributed by atoms with Gasteiger partial charge in [-0.1, -0.05) is 6.92 Å². The van der Waals surface area contributed by atoms with Crippen LogP contribution in [-0.2, 0) is 6.54 Å². The topological polar surface area (TPSA) is 15.3 Å². The van der Waals surface area contributed by atoms with E-state index in [1.54, 1.807) is 0 Å². The monoisotopic (exact) mass is 330 g/mol. The van der Waals surface area contributed by atoms with E-state index >= 15 is 0 Å². The minimum Gasteiger partial charge on any atom is -0.309 e. The van der Waals surface area contributed by atoms with Crippen molar-refractivity contribution in [2.24, 2.45) is 0 Å². The van der Waals surface area contributed by atoms with E-state index in [4.69, 9.17) is 0 Å². The molecule has 2 heterocycles. The van der Waals surface area contributed by atoms with Crippen LogP contribution in [0.4, 0.5) is 0 Å². The molecule has 0 amide bonds. The molecule has 18 heavy (non-hydrogen) atoms. The molecule has 1 saturated heterocycles. The van der Waals surface area contributed by atoms with Gasteiger partial charge >= 0.3 is 0 Å². The smallest absolute Gasteiger partial charge is 0.0335 e. The molecule has 2 nitrogen and oxygen atoms in total. The fourth-order valence-electron chi connectivity index (χ4n) is 2.49. The summed E-state index contributed by atoms with van der Waals surface area (Å²) in [6.07, 6.45) is 1.18. The van der Waals surface area contributed by atoms with E-state index in [1.807, 2.05) is 11.3 Å². The third-order valence-corrected chi connectivity index (χ3v) is 5.71. The molecule has 1 aliphatic rings. The highest BCUT2D eigenvalue weighted by Gasteiger charge is 2.39. The Labute approximate surface area is 123 Å². The van der Waals surface area contributed by atoms with Gasteiger partial charge in [0.2, 0.25) is 0 Å². The van der Waals surface area contributed by atoms with Crippen molar-refractivity contribution in [3.05, 3.63) is 20.8 Å². The maximum Gasteiger partial charge on any atom is 0.0335 e. The number of nitrogens with one attached hydrogen (secondary N) is 1. The molecule has 1 aliphatic heterocycles. The lowest BCUT2D eigenvalue weighted by molar-refractivity contribution is 0.0183. The molecule has 0 aliphatic carbocycles. The van der Waals surface area contributed by atoms with E-state index in [9.17, 15) is 0 Å². The van der Waals surface area contributed by atoms with Crippen LogP contribution in [0.1, 0.15) is 39.0 Å². The molecule has 1 aromatic rings. The molecular formula is C14H23BrN2S. The van der Waals surface area contributed by atoms with Crippen LogP contribution in [0, 0.1) is 0 Å². The molecule has 0 bridgehead atoms. The Morgan fingerprint density at radius 1 is 1.44 bits per heavy atom. The van der Waals surface area contributed by atoms with Gasteiger partial charge in [0.05, 0.1) is 0 Å². The maximum atomic E-state index is 3.67. The average molecular weight is 331 g/mol. The quantitative estimate of drug-likeness (QED) is 0.905. The normalized spacial score (nSPS) is 28.5. The van der Waals surface area contributed by atoms with Crippen molar-refractivity contribution in [2.75, 3.05) is 13.1 Å². The first-order valence-electron chi connectivity index (χ1n) is 6.58. The lowest BCUT2D eigenvalue weighted by atomic mass is 9.88. The van der Waals surface area contributed by atoms with E-state index in [0.717, 1.165) is 19.6 Å². The summed E-state index contributed by atoms with van der Waals surface area (Å²) in [5.74, 6) is 0. The first-order valence-corrected chi connectivity index (χ1v) is 8.25. The van der Waals surface area contributed by atoms with Gasteiger partial charge in [-0.05, 0) is 49.2 Å². The number of thiophene rings is 1. The first kappa shape index (κ1) is 14.5. The predicted molar refractivity (Wildman–Crippen MR) is 83.2 cm³/mol. The summed E-state index contributed by atoms with van der Waals surface area (Å²) in [6.45, 7) is 12.5. The van der Waals surface area contributed by atoms with E-state index in [-0.39, 0.29) is 11.1 Å². The number of nitrogens with zero attached hydrogens (tertiary/aromatic N) is 1. The molecule has 0 saturated carbocycles. The fourth-order valence-corrected chi connectivity index (χ4v) is 3.95. The van der Waals surface area contributed by atoms with Gasteiger partial charge in [0.15, 0.2) is 0 Å². The number of hydrogen-bond acceptors (Lipinski definition) is 3. The highest BCUT2D eigenvalue weighted by molar-refractivity contribution is 9.10. The van der Waals surface area contributed by atoms with E-state index < -0.39 is 0 Å². The zero-order chi connectivity index (χ0) is 13.4. The molecule has 1 unspecified atom stereocenters. The van der Waals surface area contributed by atoms with Crippen LogP contribution in [0.25, 0.3) is 0 Å². The van der Waals surface area contributed by atoms with Gasteiger partial charge in [0.25, 0.3) is 0 Å². The van der Waals surface area contributed by atoms with E-state index in [1.165, 1.54) is 15.8 Å². The summed E-state index contributed by atoms with van der Waals surface area (Å²) in [5.41, 5.74) is 0.481. The Morgan fingerprint density at radius 2 is 2.17 bits per heavy atom. The van der Waals surface area contributed by atoms with Crippen LogP contribution in [0.5, 0.6) is 0 Å².